The number of halogens is 2. The summed E-state index contributed by atoms with van der Waals surface area (Å²) in [6, 6.07) is 14.6. The molecule has 36 heavy (non-hydrogen) atoms. The standard InChI is InChI=1S/C24H17Cl2N5O4S/c25-16-1-4-18(5-2-16)28-21(32)13-35-19-6-3-17(26)11-15(19)12-20-23(34)29-24(36-20)31-30-22(33)14-7-9-27-10-8-14/h1-12H,13H2,(H,28,32)(H,30,33)(H,29,31,34)/b20-12-. The molecule has 0 unspecified atom stereocenters. The van der Waals surface area contributed by atoms with Crippen molar-refractivity contribution in [1.29, 1.82) is 0 Å². The number of benzene rings is 2. The normalized spacial score (nSPS) is 15.0. The van der Waals surface area contributed by atoms with Gasteiger partial charge >= 0.3 is 0 Å². The molecule has 1 saturated heterocycles. The Bertz CT molecular complexity index is 1360. The van der Waals surface area contributed by atoms with Crippen LogP contribution >= 0.6 is 35.0 Å². The van der Waals surface area contributed by atoms with Crippen LogP contribution in [0.4, 0.5) is 5.69 Å². The minimum atomic E-state index is -0.445. The molecule has 0 spiro atoms. The lowest BCUT2D eigenvalue weighted by molar-refractivity contribution is -0.118. The second-order valence-electron chi connectivity index (χ2n) is 7.18. The first-order valence-electron chi connectivity index (χ1n) is 10.3. The van der Waals surface area contributed by atoms with Crippen LogP contribution in [-0.4, -0.2) is 34.5 Å². The van der Waals surface area contributed by atoms with Gasteiger partial charge in [-0.1, -0.05) is 23.2 Å². The number of nitrogens with zero attached hydrogens (tertiary/aromatic N) is 2. The molecule has 9 nitrogen and oxygen atoms in total. The minimum absolute atomic E-state index is 0.195. The van der Waals surface area contributed by atoms with E-state index < -0.39 is 11.8 Å². The predicted molar refractivity (Wildman–Crippen MR) is 140 cm³/mol. The van der Waals surface area contributed by atoms with Crippen molar-refractivity contribution in [3.8, 4) is 5.75 Å². The van der Waals surface area contributed by atoms with E-state index in [9.17, 15) is 14.4 Å². The van der Waals surface area contributed by atoms with Crippen molar-refractivity contribution in [3.05, 3.63) is 93.1 Å². The number of hydrazone groups is 1. The van der Waals surface area contributed by atoms with Crippen molar-refractivity contribution < 1.29 is 19.1 Å². The molecule has 0 aliphatic carbocycles. The smallest absolute Gasteiger partial charge is 0.271 e. The largest absolute Gasteiger partial charge is 0.483 e. The van der Waals surface area contributed by atoms with Gasteiger partial charge in [-0.2, -0.15) is 0 Å². The van der Waals surface area contributed by atoms with E-state index in [-0.39, 0.29) is 17.7 Å². The summed E-state index contributed by atoms with van der Waals surface area (Å²) in [5, 5.41) is 10.4. The van der Waals surface area contributed by atoms with Gasteiger partial charge in [0.15, 0.2) is 11.8 Å². The molecule has 1 aliphatic heterocycles. The van der Waals surface area contributed by atoms with E-state index in [2.05, 4.69) is 26.1 Å². The number of anilines is 1. The molecule has 1 aromatic heterocycles. The van der Waals surface area contributed by atoms with E-state index in [0.717, 1.165) is 11.8 Å². The van der Waals surface area contributed by atoms with Gasteiger partial charge in [0.1, 0.15) is 5.75 Å². The molecule has 0 bridgehead atoms. The van der Waals surface area contributed by atoms with Gasteiger partial charge in [0.2, 0.25) is 0 Å². The van der Waals surface area contributed by atoms with E-state index in [4.69, 9.17) is 27.9 Å². The van der Waals surface area contributed by atoms with Gasteiger partial charge in [0, 0.05) is 39.3 Å². The number of nitrogens with one attached hydrogen (secondary N) is 3. The molecule has 2 heterocycles. The summed E-state index contributed by atoms with van der Waals surface area (Å²) < 4.78 is 5.68. The molecule has 0 saturated carbocycles. The van der Waals surface area contributed by atoms with Crippen LogP contribution in [0, 0.1) is 0 Å². The highest BCUT2D eigenvalue weighted by Gasteiger charge is 2.25. The summed E-state index contributed by atoms with van der Waals surface area (Å²) in [5.74, 6) is -0.885. The van der Waals surface area contributed by atoms with Crippen molar-refractivity contribution in [2.24, 2.45) is 5.10 Å². The van der Waals surface area contributed by atoms with Crippen LogP contribution in [0.5, 0.6) is 5.75 Å². The quantitative estimate of drug-likeness (QED) is 0.302. The molecule has 1 aliphatic rings. The third-order valence-electron chi connectivity index (χ3n) is 4.60. The number of amides is 3. The molecule has 3 amide bonds. The summed E-state index contributed by atoms with van der Waals surface area (Å²) in [5.41, 5.74) is 3.82. The third kappa shape index (κ3) is 6.85. The Morgan fingerprint density at radius 2 is 1.78 bits per heavy atom. The Labute approximate surface area is 219 Å². The highest BCUT2D eigenvalue weighted by atomic mass is 35.5. The van der Waals surface area contributed by atoms with Crippen LogP contribution in [-0.2, 0) is 9.59 Å². The van der Waals surface area contributed by atoms with E-state index in [1.807, 2.05) is 0 Å². The van der Waals surface area contributed by atoms with Gasteiger partial charge < -0.3 is 10.1 Å². The zero-order valence-corrected chi connectivity index (χ0v) is 20.7. The Morgan fingerprint density at radius 3 is 2.53 bits per heavy atom. The van der Waals surface area contributed by atoms with Crippen LogP contribution in [0.2, 0.25) is 10.0 Å². The summed E-state index contributed by atoms with van der Waals surface area (Å²) in [6.45, 7) is -0.270. The Hall–Kier alpha value is -3.86. The van der Waals surface area contributed by atoms with Gasteiger partial charge in [0.25, 0.3) is 17.7 Å². The highest BCUT2D eigenvalue weighted by Crippen LogP contribution is 2.31. The Morgan fingerprint density at radius 1 is 1.06 bits per heavy atom. The Kier molecular flexibility index (Phi) is 8.21. The monoisotopic (exact) mass is 541 g/mol. The van der Waals surface area contributed by atoms with Crippen molar-refractivity contribution in [2.45, 2.75) is 0 Å². The maximum Gasteiger partial charge on any atom is 0.271 e. The van der Waals surface area contributed by atoms with E-state index in [0.29, 0.717) is 37.5 Å². The van der Waals surface area contributed by atoms with E-state index in [1.165, 1.54) is 24.5 Å². The van der Waals surface area contributed by atoms with Crippen LogP contribution in [0.3, 0.4) is 0 Å². The zero-order valence-electron chi connectivity index (χ0n) is 18.3. The molecule has 3 aromatic rings. The number of thioether (sulfide) groups is 1. The average molecular weight is 542 g/mol. The number of hydrogen-bond donors (Lipinski definition) is 3. The SMILES string of the molecule is O=C(COc1ccc(Cl)cc1/C=C1\SC(=NNC(=O)c2ccncc2)NC1=O)Nc1ccc(Cl)cc1. The molecule has 2 aromatic carbocycles. The van der Waals surface area contributed by atoms with Gasteiger partial charge in [-0.25, -0.2) is 5.43 Å². The second kappa shape index (κ2) is 11.7. The summed E-state index contributed by atoms with van der Waals surface area (Å²) in [7, 11) is 0. The topological polar surface area (TPSA) is 122 Å². The zero-order chi connectivity index (χ0) is 25.5. The van der Waals surface area contributed by atoms with Gasteiger partial charge in [-0.15, -0.1) is 5.10 Å². The Balaban J connectivity index is 1.42. The van der Waals surface area contributed by atoms with Crippen LogP contribution in [0.15, 0.2) is 77.0 Å². The molecule has 1 fully saturated rings. The maximum absolute atomic E-state index is 12.4. The van der Waals surface area contributed by atoms with Crippen molar-refractivity contribution in [3.63, 3.8) is 0 Å². The molecule has 0 atom stereocenters. The van der Waals surface area contributed by atoms with Crippen LogP contribution in [0.25, 0.3) is 6.08 Å². The fourth-order valence-corrected chi connectivity index (χ4v) is 4.01. The van der Waals surface area contributed by atoms with Gasteiger partial charge in [0.05, 0.1) is 4.91 Å². The minimum Gasteiger partial charge on any atom is -0.483 e. The number of amidine groups is 1. The summed E-state index contributed by atoms with van der Waals surface area (Å²) in [4.78, 5) is 41.0. The van der Waals surface area contributed by atoms with E-state index >= 15 is 0 Å². The molecular weight excluding hydrogens is 525 g/mol. The summed E-state index contributed by atoms with van der Waals surface area (Å²) >= 11 is 13.0. The number of carbonyl (C=O) groups is 3. The van der Waals surface area contributed by atoms with E-state index in [1.54, 1.807) is 48.5 Å². The lowest BCUT2D eigenvalue weighted by atomic mass is 10.2. The molecular formula is C24H17Cl2N5O4S. The maximum atomic E-state index is 12.4. The summed E-state index contributed by atoms with van der Waals surface area (Å²) in [6.07, 6.45) is 4.54. The first-order chi connectivity index (χ1) is 17.4. The lowest BCUT2D eigenvalue weighted by Crippen LogP contribution is -2.25. The van der Waals surface area contributed by atoms with Gasteiger partial charge in [-0.3, -0.25) is 24.7 Å². The number of ether oxygens (including phenoxy) is 1. The average Bonchev–Trinajstić information content (AvgIpc) is 3.23. The molecule has 12 heteroatoms. The van der Waals surface area contributed by atoms with Crippen LogP contribution in [0.1, 0.15) is 15.9 Å². The third-order valence-corrected chi connectivity index (χ3v) is 5.99. The number of pyridine rings is 1. The first kappa shape index (κ1) is 25.2. The fourth-order valence-electron chi connectivity index (χ4n) is 2.93. The van der Waals surface area contributed by atoms with Gasteiger partial charge in [-0.05, 0) is 72.4 Å². The fraction of sp³-hybridized carbons (Fsp3) is 0.0417. The number of carbonyl (C=O) groups excluding carboxylic acids is 3. The number of aromatic nitrogens is 1. The lowest BCUT2D eigenvalue weighted by Gasteiger charge is -2.10. The van der Waals surface area contributed by atoms with Crippen molar-refractivity contribution >= 4 is 69.6 Å². The number of hydrogen-bond acceptors (Lipinski definition) is 7. The molecule has 0 radical (unpaired) electrons. The molecule has 3 N–H and O–H groups in total. The molecule has 4 rings (SSSR count). The van der Waals surface area contributed by atoms with Crippen molar-refractivity contribution in [1.82, 2.24) is 15.7 Å². The van der Waals surface area contributed by atoms with Crippen molar-refractivity contribution in [2.75, 3.05) is 11.9 Å². The molecule has 182 valence electrons. The second-order valence-corrected chi connectivity index (χ2v) is 9.09. The predicted octanol–water partition coefficient (Wildman–Crippen LogP) is 4.31. The first-order valence-corrected chi connectivity index (χ1v) is 11.9. The van der Waals surface area contributed by atoms with Crippen LogP contribution < -0.4 is 20.8 Å². The highest BCUT2D eigenvalue weighted by molar-refractivity contribution is 8.18. The number of rotatable bonds is 7.